The SMILES string of the molecule is CC(C)(C)C(N)=NC1CCc2ccccc21.CCN. The monoisotopic (exact) mass is 261 g/mol. The van der Waals surface area contributed by atoms with Crippen molar-refractivity contribution in [3.8, 4) is 0 Å². The molecule has 0 aromatic heterocycles. The highest BCUT2D eigenvalue weighted by molar-refractivity contribution is 5.85. The van der Waals surface area contributed by atoms with E-state index in [-0.39, 0.29) is 11.5 Å². The fourth-order valence-corrected chi connectivity index (χ4v) is 2.03. The van der Waals surface area contributed by atoms with Crippen LogP contribution in [0.5, 0.6) is 0 Å². The first-order chi connectivity index (χ1) is 8.90. The highest BCUT2D eigenvalue weighted by atomic mass is 14.9. The van der Waals surface area contributed by atoms with E-state index in [0.29, 0.717) is 0 Å². The van der Waals surface area contributed by atoms with Crippen molar-refractivity contribution in [2.24, 2.45) is 21.9 Å². The third-order valence-electron chi connectivity index (χ3n) is 3.16. The maximum absolute atomic E-state index is 6.04. The predicted molar refractivity (Wildman–Crippen MR) is 83.3 cm³/mol. The lowest BCUT2D eigenvalue weighted by molar-refractivity contribution is 0.571. The van der Waals surface area contributed by atoms with Crippen LogP contribution in [0.25, 0.3) is 0 Å². The van der Waals surface area contributed by atoms with Gasteiger partial charge in [0.2, 0.25) is 0 Å². The van der Waals surface area contributed by atoms with E-state index in [1.807, 2.05) is 6.92 Å². The van der Waals surface area contributed by atoms with Gasteiger partial charge in [-0.2, -0.15) is 0 Å². The Hall–Kier alpha value is -1.35. The van der Waals surface area contributed by atoms with Crippen molar-refractivity contribution in [1.29, 1.82) is 0 Å². The molecule has 0 amide bonds. The number of benzene rings is 1. The van der Waals surface area contributed by atoms with E-state index in [2.05, 4.69) is 50.0 Å². The molecule has 3 heteroatoms. The highest BCUT2D eigenvalue weighted by Crippen LogP contribution is 2.34. The summed E-state index contributed by atoms with van der Waals surface area (Å²) in [6.07, 6.45) is 2.22. The van der Waals surface area contributed by atoms with Crippen LogP contribution in [0.15, 0.2) is 29.3 Å². The van der Waals surface area contributed by atoms with Crippen molar-refractivity contribution in [1.82, 2.24) is 0 Å². The van der Waals surface area contributed by atoms with Gasteiger partial charge in [0, 0.05) is 5.41 Å². The van der Waals surface area contributed by atoms with Gasteiger partial charge in [-0.15, -0.1) is 0 Å². The number of hydrogen-bond donors (Lipinski definition) is 2. The molecule has 2 rings (SSSR count). The average Bonchev–Trinajstić information content (AvgIpc) is 2.73. The Labute approximate surface area is 117 Å². The van der Waals surface area contributed by atoms with Crippen LogP contribution in [0, 0.1) is 5.41 Å². The maximum Gasteiger partial charge on any atom is 0.0998 e. The van der Waals surface area contributed by atoms with Crippen molar-refractivity contribution in [2.75, 3.05) is 6.54 Å². The summed E-state index contributed by atoms with van der Waals surface area (Å²) in [6, 6.07) is 8.82. The number of rotatable bonds is 1. The summed E-state index contributed by atoms with van der Waals surface area (Å²) < 4.78 is 0. The Kier molecular flexibility index (Phi) is 5.55. The first-order valence-corrected chi connectivity index (χ1v) is 7.01. The Morgan fingerprint density at radius 2 is 1.89 bits per heavy atom. The summed E-state index contributed by atoms with van der Waals surface area (Å²) in [5.41, 5.74) is 13.6. The first-order valence-electron chi connectivity index (χ1n) is 7.01. The van der Waals surface area contributed by atoms with Crippen LogP contribution in [0.3, 0.4) is 0 Å². The number of nitrogens with zero attached hydrogens (tertiary/aromatic N) is 1. The van der Waals surface area contributed by atoms with Crippen LogP contribution in [0.4, 0.5) is 0 Å². The molecule has 1 aromatic rings. The number of aliphatic imine (C=N–C) groups is 1. The zero-order valence-electron chi connectivity index (χ0n) is 12.6. The van der Waals surface area contributed by atoms with Gasteiger partial charge in [0.15, 0.2) is 0 Å². The molecule has 0 bridgehead atoms. The van der Waals surface area contributed by atoms with E-state index >= 15 is 0 Å². The topological polar surface area (TPSA) is 64.4 Å². The third-order valence-corrected chi connectivity index (χ3v) is 3.16. The van der Waals surface area contributed by atoms with Gasteiger partial charge >= 0.3 is 0 Å². The van der Waals surface area contributed by atoms with E-state index in [9.17, 15) is 0 Å². The van der Waals surface area contributed by atoms with E-state index < -0.39 is 0 Å². The molecule has 0 saturated heterocycles. The van der Waals surface area contributed by atoms with E-state index in [1.54, 1.807) is 0 Å². The summed E-state index contributed by atoms with van der Waals surface area (Å²) in [5, 5.41) is 0. The highest BCUT2D eigenvalue weighted by Gasteiger charge is 2.23. The van der Waals surface area contributed by atoms with Crippen LogP contribution in [0.2, 0.25) is 0 Å². The van der Waals surface area contributed by atoms with Gasteiger partial charge in [-0.05, 0) is 30.5 Å². The van der Waals surface area contributed by atoms with E-state index in [0.717, 1.165) is 25.2 Å². The normalized spacial score (nSPS) is 18.6. The molecule has 1 atom stereocenters. The smallest absolute Gasteiger partial charge is 0.0998 e. The first kappa shape index (κ1) is 15.7. The summed E-state index contributed by atoms with van der Waals surface area (Å²) in [7, 11) is 0. The van der Waals surface area contributed by atoms with Gasteiger partial charge < -0.3 is 11.5 Å². The van der Waals surface area contributed by atoms with Gasteiger partial charge in [-0.1, -0.05) is 52.0 Å². The second-order valence-electron chi connectivity index (χ2n) is 5.93. The molecular weight excluding hydrogens is 234 g/mol. The zero-order valence-corrected chi connectivity index (χ0v) is 12.6. The van der Waals surface area contributed by atoms with Gasteiger partial charge in [0.1, 0.15) is 0 Å². The Morgan fingerprint density at radius 3 is 2.47 bits per heavy atom. The van der Waals surface area contributed by atoms with Crippen LogP contribution in [-0.2, 0) is 6.42 Å². The molecule has 1 unspecified atom stereocenters. The summed E-state index contributed by atoms with van der Waals surface area (Å²) in [6.45, 7) is 8.96. The van der Waals surface area contributed by atoms with Crippen molar-refractivity contribution in [2.45, 2.75) is 46.6 Å². The van der Waals surface area contributed by atoms with Crippen LogP contribution < -0.4 is 11.5 Å². The molecule has 0 heterocycles. The lowest BCUT2D eigenvalue weighted by atomic mass is 9.95. The molecule has 19 heavy (non-hydrogen) atoms. The molecule has 4 N–H and O–H groups in total. The second kappa shape index (κ2) is 6.71. The standard InChI is InChI=1S/C14H20N2.C2H7N/c1-14(2,3)13(15)16-12-9-8-10-6-4-5-7-11(10)12;1-2-3/h4-7,12H,8-9H2,1-3H3,(H2,15,16);2-3H2,1H3. The molecule has 0 spiro atoms. The molecule has 1 aliphatic carbocycles. The molecule has 1 aliphatic rings. The summed E-state index contributed by atoms with van der Waals surface area (Å²) >= 11 is 0. The fraction of sp³-hybridized carbons (Fsp3) is 0.562. The molecule has 0 fully saturated rings. The minimum atomic E-state index is -0.0302. The summed E-state index contributed by atoms with van der Waals surface area (Å²) in [4.78, 5) is 4.68. The minimum absolute atomic E-state index is 0.0302. The number of hydrogen-bond acceptors (Lipinski definition) is 2. The number of fused-ring (bicyclic) bond motifs is 1. The molecule has 0 saturated carbocycles. The Bertz CT molecular complexity index is 430. The Balaban J connectivity index is 0.000000550. The van der Waals surface area contributed by atoms with Crippen LogP contribution >= 0.6 is 0 Å². The van der Waals surface area contributed by atoms with Crippen molar-refractivity contribution < 1.29 is 0 Å². The summed E-state index contributed by atoms with van der Waals surface area (Å²) in [5.74, 6) is 0.759. The second-order valence-corrected chi connectivity index (χ2v) is 5.93. The van der Waals surface area contributed by atoms with Gasteiger partial charge in [-0.25, -0.2) is 0 Å². The third kappa shape index (κ3) is 4.35. The zero-order chi connectivity index (χ0) is 14.5. The van der Waals surface area contributed by atoms with Crippen molar-refractivity contribution in [3.05, 3.63) is 35.4 Å². The number of amidine groups is 1. The van der Waals surface area contributed by atoms with Crippen molar-refractivity contribution >= 4 is 5.84 Å². The van der Waals surface area contributed by atoms with E-state index in [4.69, 9.17) is 11.5 Å². The lowest BCUT2D eigenvalue weighted by Gasteiger charge is -2.19. The van der Waals surface area contributed by atoms with Crippen LogP contribution in [0.1, 0.15) is 51.3 Å². The van der Waals surface area contributed by atoms with Gasteiger partial charge in [0.25, 0.3) is 0 Å². The van der Waals surface area contributed by atoms with Crippen molar-refractivity contribution in [3.63, 3.8) is 0 Å². The maximum atomic E-state index is 6.04. The number of aryl methyl sites for hydroxylation is 1. The quantitative estimate of drug-likeness (QED) is 0.603. The largest absolute Gasteiger partial charge is 0.387 e. The molecule has 0 radical (unpaired) electrons. The molecule has 0 aliphatic heterocycles. The van der Waals surface area contributed by atoms with E-state index in [1.165, 1.54) is 11.1 Å². The lowest BCUT2D eigenvalue weighted by Crippen LogP contribution is -2.29. The van der Waals surface area contributed by atoms with Gasteiger partial charge in [0.05, 0.1) is 11.9 Å². The van der Waals surface area contributed by atoms with Crippen LogP contribution in [-0.4, -0.2) is 12.4 Å². The van der Waals surface area contributed by atoms with Gasteiger partial charge in [-0.3, -0.25) is 4.99 Å². The molecule has 106 valence electrons. The Morgan fingerprint density at radius 1 is 1.32 bits per heavy atom. The average molecular weight is 261 g/mol. The minimum Gasteiger partial charge on any atom is -0.387 e. The fourth-order valence-electron chi connectivity index (χ4n) is 2.03. The molecule has 1 aromatic carbocycles. The predicted octanol–water partition coefficient (Wildman–Crippen LogP) is 3.04. The number of nitrogens with two attached hydrogens (primary N) is 2. The molecule has 3 nitrogen and oxygen atoms in total. The molecular formula is C16H27N3.